The lowest BCUT2D eigenvalue weighted by atomic mass is 9.87. The zero-order chi connectivity index (χ0) is 43.3. The van der Waals surface area contributed by atoms with Crippen molar-refractivity contribution >= 4 is 45.9 Å². The highest BCUT2D eigenvalue weighted by Crippen LogP contribution is 2.48. The van der Waals surface area contributed by atoms with Crippen molar-refractivity contribution < 1.29 is 24.2 Å². The van der Waals surface area contributed by atoms with Crippen molar-refractivity contribution in [3.8, 4) is 28.2 Å². The van der Waals surface area contributed by atoms with Crippen molar-refractivity contribution in [1.82, 2.24) is 29.7 Å². The summed E-state index contributed by atoms with van der Waals surface area (Å²) in [4.78, 5) is 62.5. The molecule has 12 nitrogen and oxygen atoms in total. The second-order valence-electron chi connectivity index (χ2n) is 14.8. The van der Waals surface area contributed by atoms with Gasteiger partial charge in [0.1, 0.15) is 17.1 Å². The summed E-state index contributed by atoms with van der Waals surface area (Å²) < 4.78 is 6.92. The van der Waals surface area contributed by atoms with Crippen LogP contribution >= 0.6 is 23.2 Å². The van der Waals surface area contributed by atoms with E-state index in [1.54, 1.807) is 24.8 Å². The molecule has 2 aliphatic rings. The fourth-order valence-electron chi connectivity index (χ4n) is 7.60. The minimum absolute atomic E-state index is 0.00283. The number of carboxylic acid groups (broad SMARTS) is 1. The van der Waals surface area contributed by atoms with Gasteiger partial charge in [0.15, 0.2) is 5.78 Å². The number of phenols is 1. The van der Waals surface area contributed by atoms with Gasteiger partial charge in [0.25, 0.3) is 0 Å². The topological polar surface area (TPSA) is 163 Å². The number of phenolic OH excluding ortho intramolecular Hbond substituents is 1. The van der Waals surface area contributed by atoms with Crippen LogP contribution in [0.5, 0.6) is 5.75 Å². The van der Waals surface area contributed by atoms with Crippen molar-refractivity contribution in [2.45, 2.75) is 46.2 Å². The standard InChI is InChI=1S/C48H38Cl2N6O6/c1-29(57)30-14-15-35(48(60)61)36(20-30)43-37-21-41(49)44(58)39(27-55(23-31-10-2-6-16-51-31)24-32-11-3-7-17-52-32)46(37)62-47-38(43)22-42(50)45(59)40(47)28-56(25-33-12-4-8-18-53-33)26-34-13-5-9-19-54-34/h2-22,58H,23-28H2,1H3,(H,60,61). The third-order valence-electron chi connectivity index (χ3n) is 10.5. The number of Topliss-reactive ketones (excluding diaryl/α,β-unsaturated/α-hetero) is 1. The number of halogens is 2. The first kappa shape index (κ1) is 41.9. The number of aromatic carboxylic acids is 1. The Morgan fingerprint density at radius 3 is 1.58 bits per heavy atom. The summed E-state index contributed by atoms with van der Waals surface area (Å²) in [6, 6.07) is 29.6. The molecule has 8 rings (SSSR count). The zero-order valence-electron chi connectivity index (χ0n) is 33.3. The van der Waals surface area contributed by atoms with E-state index >= 15 is 0 Å². The molecule has 1 aliphatic heterocycles. The number of rotatable bonds is 15. The number of benzene rings is 3. The first-order valence-corrected chi connectivity index (χ1v) is 20.3. The lowest BCUT2D eigenvalue weighted by Crippen LogP contribution is -2.27. The SMILES string of the molecule is CC(=O)c1ccc(C(=O)O)c(-c2c3cc(Cl)c(=O)c(CN(Cc4ccccn4)Cc4ccccn4)c-3oc3c(CN(Cc4ccccn4)Cc4ccccn4)c(O)c(Cl)cc23)c1. The highest BCUT2D eigenvalue weighted by molar-refractivity contribution is 6.33. The van der Waals surface area contributed by atoms with Crippen molar-refractivity contribution in [2.75, 3.05) is 0 Å². The van der Waals surface area contributed by atoms with Crippen LogP contribution in [0.1, 0.15) is 61.5 Å². The summed E-state index contributed by atoms with van der Waals surface area (Å²) in [5, 5.41) is 22.7. The van der Waals surface area contributed by atoms with Crippen LogP contribution in [-0.4, -0.2) is 51.7 Å². The molecule has 0 saturated carbocycles. The maximum absolute atomic E-state index is 14.4. The molecule has 0 unspecified atom stereocenters. The van der Waals surface area contributed by atoms with E-state index in [1.165, 1.54) is 37.3 Å². The summed E-state index contributed by atoms with van der Waals surface area (Å²) in [6.45, 7) is 2.71. The molecule has 6 aromatic rings. The summed E-state index contributed by atoms with van der Waals surface area (Å²) in [6.07, 6.45) is 6.77. The van der Waals surface area contributed by atoms with Crippen LogP contribution in [0.2, 0.25) is 10.0 Å². The lowest BCUT2D eigenvalue weighted by molar-refractivity contribution is 0.0697. The Morgan fingerprint density at radius 1 is 0.629 bits per heavy atom. The molecule has 0 saturated heterocycles. The van der Waals surface area contributed by atoms with Crippen LogP contribution in [0.25, 0.3) is 33.4 Å². The molecule has 0 radical (unpaired) electrons. The zero-order valence-corrected chi connectivity index (χ0v) is 34.8. The Kier molecular flexibility index (Phi) is 12.4. The molecule has 1 aliphatic carbocycles. The summed E-state index contributed by atoms with van der Waals surface area (Å²) in [5.74, 6) is -1.74. The van der Waals surface area contributed by atoms with Crippen LogP contribution < -0.4 is 5.43 Å². The molecule has 14 heteroatoms. The number of carboxylic acids is 1. The molecule has 4 aromatic heterocycles. The second kappa shape index (κ2) is 18.4. The molecule has 2 aromatic carbocycles. The number of aromatic hydroxyl groups is 1. The van der Waals surface area contributed by atoms with Gasteiger partial charge in [0.05, 0.1) is 49.5 Å². The van der Waals surface area contributed by atoms with Crippen LogP contribution in [-0.2, 0) is 39.3 Å². The smallest absolute Gasteiger partial charge is 0.336 e. The number of carbonyl (C=O) groups excluding carboxylic acids is 1. The third kappa shape index (κ3) is 9.09. The summed E-state index contributed by atoms with van der Waals surface area (Å²) in [7, 11) is 0. The van der Waals surface area contributed by atoms with Gasteiger partial charge in [-0.2, -0.15) is 0 Å². The quantitative estimate of drug-likeness (QED) is 0.0743. The normalized spacial score (nSPS) is 11.5. The van der Waals surface area contributed by atoms with Gasteiger partial charge in [-0.05, 0) is 85.3 Å². The van der Waals surface area contributed by atoms with Gasteiger partial charge < -0.3 is 14.6 Å². The van der Waals surface area contributed by atoms with Gasteiger partial charge in [-0.25, -0.2) is 4.79 Å². The Bertz CT molecular complexity index is 2860. The molecule has 0 spiro atoms. The van der Waals surface area contributed by atoms with Crippen molar-refractivity contribution in [2.24, 2.45) is 0 Å². The predicted molar refractivity (Wildman–Crippen MR) is 236 cm³/mol. The number of pyridine rings is 4. The number of fused-ring (bicyclic) bond motifs is 2. The molecule has 0 amide bonds. The van der Waals surface area contributed by atoms with E-state index in [9.17, 15) is 24.6 Å². The highest BCUT2D eigenvalue weighted by Gasteiger charge is 2.31. The maximum atomic E-state index is 14.4. The van der Waals surface area contributed by atoms with Crippen LogP contribution in [0.3, 0.4) is 0 Å². The molecule has 0 atom stereocenters. The summed E-state index contributed by atoms with van der Waals surface area (Å²) >= 11 is 13.8. The Balaban J connectivity index is 1.40. The average Bonchev–Trinajstić information content (AvgIpc) is 3.27. The fourth-order valence-corrected chi connectivity index (χ4v) is 8.04. The van der Waals surface area contributed by atoms with Crippen molar-refractivity contribution in [1.29, 1.82) is 0 Å². The third-order valence-corrected chi connectivity index (χ3v) is 11.0. The molecule has 5 heterocycles. The monoisotopic (exact) mass is 864 g/mol. The average molecular weight is 866 g/mol. The van der Waals surface area contributed by atoms with Crippen molar-refractivity contribution in [3.05, 3.63) is 193 Å². The first-order valence-electron chi connectivity index (χ1n) is 19.6. The number of carbonyl (C=O) groups is 2. The van der Waals surface area contributed by atoms with E-state index in [4.69, 9.17) is 27.6 Å². The van der Waals surface area contributed by atoms with E-state index in [-0.39, 0.29) is 79.4 Å². The maximum Gasteiger partial charge on any atom is 0.336 e. The van der Waals surface area contributed by atoms with Crippen LogP contribution in [0.15, 0.2) is 137 Å². The number of hydrogen-bond donors (Lipinski definition) is 2. The van der Waals surface area contributed by atoms with Gasteiger partial charge in [0.2, 0.25) is 5.43 Å². The fraction of sp³-hybridized carbons (Fsp3) is 0.146. The number of nitrogens with zero attached hydrogens (tertiary/aromatic N) is 6. The van der Waals surface area contributed by atoms with E-state index in [1.807, 2.05) is 82.6 Å². The highest BCUT2D eigenvalue weighted by atomic mass is 35.5. The van der Waals surface area contributed by atoms with E-state index in [0.29, 0.717) is 37.1 Å². The molecule has 310 valence electrons. The van der Waals surface area contributed by atoms with E-state index in [0.717, 1.165) is 22.8 Å². The minimum atomic E-state index is -1.26. The molecular weight excluding hydrogens is 827 g/mol. The molecule has 0 bridgehead atoms. The largest absolute Gasteiger partial charge is 0.506 e. The van der Waals surface area contributed by atoms with Gasteiger partial charge in [-0.1, -0.05) is 53.5 Å². The summed E-state index contributed by atoms with van der Waals surface area (Å²) in [5.41, 5.74) is 3.88. The van der Waals surface area contributed by atoms with Gasteiger partial charge in [0, 0.05) is 86.1 Å². The number of aromatic nitrogens is 4. The number of hydrogen-bond acceptors (Lipinski definition) is 11. The Morgan fingerprint density at radius 2 is 1.13 bits per heavy atom. The lowest BCUT2D eigenvalue weighted by Gasteiger charge is -2.26. The van der Waals surface area contributed by atoms with Gasteiger partial charge in [-0.15, -0.1) is 0 Å². The van der Waals surface area contributed by atoms with Crippen LogP contribution in [0, 0.1) is 0 Å². The molecule has 0 fully saturated rings. The number of ketones is 1. The predicted octanol–water partition coefficient (Wildman–Crippen LogP) is 9.46. The van der Waals surface area contributed by atoms with Crippen LogP contribution in [0.4, 0.5) is 0 Å². The molecule has 62 heavy (non-hydrogen) atoms. The van der Waals surface area contributed by atoms with Crippen molar-refractivity contribution in [3.63, 3.8) is 0 Å². The molecule has 2 N–H and O–H groups in total. The minimum Gasteiger partial charge on any atom is -0.506 e. The van der Waals surface area contributed by atoms with Gasteiger partial charge >= 0.3 is 5.97 Å². The van der Waals surface area contributed by atoms with E-state index in [2.05, 4.69) is 19.9 Å². The molecular formula is C48H38Cl2N6O6. The Labute approximate surface area is 366 Å². The second-order valence-corrected chi connectivity index (χ2v) is 15.6. The van der Waals surface area contributed by atoms with E-state index < -0.39 is 11.4 Å². The first-order chi connectivity index (χ1) is 30.0. The Hall–Kier alpha value is -6.83. The van der Waals surface area contributed by atoms with Gasteiger partial charge in [-0.3, -0.25) is 39.3 Å².